The largest absolute Gasteiger partial charge is 0.494 e. The van der Waals surface area contributed by atoms with E-state index >= 15 is 0 Å². The molecule has 1 atom stereocenters. The molecular formula is C17H19ClFNO. The Morgan fingerprint density at radius 2 is 1.95 bits per heavy atom. The molecule has 0 aromatic heterocycles. The van der Waals surface area contributed by atoms with Crippen molar-refractivity contribution < 1.29 is 9.13 Å². The van der Waals surface area contributed by atoms with Gasteiger partial charge in [-0.05, 0) is 55.8 Å². The van der Waals surface area contributed by atoms with Gasteiger partial charge in [-0.15, -0.1) is 0 Å². The lowest BCUT2D eigenvalue weighted by Crippen LogP contribution is -2.29. The fourth-order valence-electron chi connectivity index (χ4n) is 2.15. The minimum Gasteiger partial charge on any atom is -0.494 e. The maximum absolute atomic E-state index is 13.7. The molecule has 2 rings (SSSR count). The molecule has 2 nitrogen and oxygen atoms in total. The molecule has 0 spiro atoms. The van der Waals surface area contributed by atoms with Gasteiger partial charge >= 0.3 is 0 Å². The van der Waals surface area contributed by atoms with Gasteiger partial charge in [0.05, 0.1) is 6.61 Å². The third kappa shape index (κ3) is 5.03. The number of benzene rings is 2. The topological polar surface area (TPSA) is 21.3 Å². The Hall–Kier alpha value is -1.58. The number of rotatable bonds is 7. The molecule has 0 radical (unpaired) electrons. The lowest BCUT2D eigenvalue weighted by molar-refractivity contribution is 0.288. The molecule has 0 fully saturated rings. The van der Waals surface area contributed by atoms with Crippen LogP contribution in [0.1, 0.15) is 12.0 Å². The van der Waals surface area contributed by atoms with Crippen LogP contribution in [0.3, 0.4) is 0 Å². The molecular weight excluding hydrogens is 289 g/mol. The molecule has 2 aromatic rings. The average Bonchev–Trinajstić information content (AvgIpc) is 2.51. The standard InChI is InChI=1S/C17H19ClFNO/c1-20-15(9-10-21-16-5-3-2-4-6-16)12-13-11-14(18)7-8-17(13)19/h2-8,11,15,20H,9-10,12H2,1H3. The Bertz CT molecular complexity index is 562. The molecule has 0 bridgehead atoms. The molecule has 1 unspecified atom stereocenters. The van der Waals surface area contributed by atoms with Gasteiger partial charge in [0, 0.05) is 11.1 Å². The van der Waals surface area contributed by atoms with Crippen molar-refractivity contribution in [2.45, 2.75) is 18.9 Å². The molecule has 4 heteroatoms. The zero-order chi connectivity index (χ0) is 15.1. The van der Waals surface area contributed by atoms with Crippen LogP contribution in [-0.2, 0) is 6.42 Å². The third-order valence-electron chi connectivity index (χ3n) is 3.36. The molecule has 1 N–H and O–H groups in total. The van der Waals surface area contributed by atoms with Gasteiger partial charge in [-0.3, -0.25) is 0 Å². The molecule has 0 saturated carbocycles. The molecule has 112 valence electrons. The van der Waals surface area contributed by atoms with E-state index in [4.69, 9.17) is 16.3 Å². The minimum atomic E-state index is -0.219. The molecule has 21 heavy (non-hydrogen) atoms. The van der Waals surface area contributed by atoms with Gasteiger partial charge in [-0.1, -0.05) is 29.8 Å². The molecule has 2 aromatic carbocycles. The van der Waals surface area contributed by atoms with Crippen LogP contribution in [-0.4, -0.2) is 19.7 Å². The number of ether oxygens (including phenoxy) is 1. The van der Waals surface area contributed by atoms with Crippen LogP contribution >= 0.6 is 11.6 Å². The summed E-state index contributed by atoms with van der Waals surface area (Å²) in [6.07, 6.45) is 1.37. The first kappa shape index (κ1) is 15.8. The van der Waals surface area contributed by atoms with Crippen molar-refractivity contribution >= 4 is 11.6 Å². The average molecular weight is 308 g/mol. The predicted octanol–water partition coefficient (Wildman–Crippen LogP) is 4.08. The van der Waals surface area contributed by atoms with E-state index in [1.807, 2.05) is 37.4 Å². The van der Waals surface area contributed by atoms with Gasteiger partial charge in [0.2, 0.25) is 0 Å². The highest BCUT2D eigenvalue weighted by molar-refractivity contribution is 6.30. The van der Waals surface area contributed by atoms with Crippen molar-refractivity contribution in [3.63, 3.8) is 0 Å². The minimum absolute atomic E-state index is 0.140. The third-order valence-corrected chi connectivity index (χ3v) is 3.60. The summed E-state index contributed by atoms with van der Waals surface area (Å²) in [5.74, 6) is 0.630. The van der Waals surface area contributed by atoms with Crippen molar-refractivity contribution in [2.75, 3.05) is 13.7 Å². The smallest absolute Gasteiger partial charge is 0.126 e. The SMILES string of the molecule is CNC(CCOc1ccccc1)Cc1cc(Cl)ccc1F. The maximum Gasteiger partial charge on any atom is 0.126 e. The van der Waals surface area contributed by atoms with Crippen LogP contribution < -0.4 is 10.1 Å². The van der Waals surface area contributed by atoms with E-state index < -0.39 is 0 Å². The Morgan fingerprint density at radius 3 is 2.67 bits per heavy atom. The van der Waals surface area contributed by atoms with Crippen molar-refractivity contribution in [3.8, 4) is 5.75 Å². The van der Waals surface area contributed by atoms with E-state index in [9.17, 15) is 4.39 Å². The highest BCUT2D eigenvalue weighted by Gasteiger charge is 2.11. The summed E-state index contributed by atoms with van der Waals surface area (Å²) in [6, 6.07) is 14.5. The predicted molar refractivity (Wildman–Crippen MR) is 84.5 cm³/mol. The van der Waals surface area contributed by atoms with Crippen molar-refractivity contribution in [3.05, 3.63) is 64.9 Å². The number of likely N-dealkylation sites (N-methyl/N-ethyl adjacent to an activating group) is 1. The summed E-state index contributed by atoms with van der Waals surface area (Å²) in [7, 11) is 1.87. The van der Waals surface area contributed by atoms with Crippen molar-refractivity contribution in [1.82, 2.24) is 5.32 Å². The first-order chi connectivity index (χ1) is 10.2. The second kappa shape index (κ2) is 8.01. The monoisotopic (exact) mass is 307 g/mol. The van der Waals surface area contributed by atoms with Crippen LogP contribution in [0.15, 0.2) is 48.5 Å². The maximum atomic E-state index is 13.7. The lowest BCUT2D eigenvalue weighted by Gasteiger charge is -2.17. The fourth-order valence-corrected chi connectivity index (χ4v) is 2.34. The molecule has 0 aliphatic carbocycles. The van der Waals surface area contributed by atoms with Gasteiger partial charge in [0.25, 0.3) is 0 Å². The number of para-hydroxylation sites is 1. The van der Waals surface area contributed by atoms with Gasteiger partial charge < -0.3 is 10.1 Å². The summed E-state index contributed by atoms with van der Waals surface area (Å²) in [6.45, 7) is 0.581. The normalized spacial score (nSPS) is 12.1. The Kier molecular flexibility index (Phi) is 6.03. The van der Waals surface area contributed by atoms with E-state index in [1.54, 1.807) is 12.1 Å². The quantitative estimate of drug-likeness (QED) is 0.832. The van der Waals surface area contributed by atoms with Gasteiger partial charge in [-0.25, -0.2) is 4.39 Å². The van der Waals surface area contributed by atoms with Crippen molar-refractivity contribution in [1.29, 1.82) is 0 Å². The second-order valence-corrected chi connectivity index (χ2v) is 5.31. The van der Waals surface area contributed by atoms with Gasteiger partial charge in [0.15, 0.2) is 0 Å². The van der Waals surface area contributed by atoms with Crippen LogP contribution in [0.25, 0.3) is 0 Å². The molecule has 0 aliphatic rings. The first-order valence-electron chi connectivity index (χ1n) is 6.98. The van der Waals surface area contributed by atoms with Crippen LogP contribution in [0, 0.1) is 5.82 Å². The summed E-state index contributed by atoms with van der Waals surface area (Å²) < 4.78 is 19.4. The van der Waals surface area contributed by atoms with E-state index in [-0.39, 0.29) is 11.9 Å². The van der Waals surface area contributed by atoms with E-state index in [2.05, 4.69) is 5.32 Å². The molecule has 0 heterocycles. The molecule has 0 saturated heterocycles. The highest BCUT2D eigenvalue weighted by Crippen LogP contribution is 2.17. The van der Waals surface area contributed by atoms with Crippen LogP contribution in [0.4, 0.5) is 4.39 Å². The fraction of sp³-hybridized carbons (Fsp3) is 0.294. The van der Waals surface area contributed by atoms with Crippen molar-refractivity contribution in [2.24, 2.45) is 0 Å². The van der Waals surface area contributed by atoms with E-state index in [0.717, 1.165) is 12.2 Å². The summed E-state index contributed by atoms with van der Waals surface area (Å²) in [4.78, 5) is 0. The summed E-state index contributed by atoms with van der Waals surface area (Å²) in [5.41, 5.74) is 0.626. The number of nitrogens with one attached hydrogen (secondary N) is 1. The van der Waals surface area contributed by atoms with Gasteiger partial charge in [0.1, 0.15) is 11.6 Å². The summed E-state index contributed by atoms with van der Waals surface area (Å²) in [5, 5.41) is 3.75. The number of hydrogen-bond acceptors (Lipinski definition) is 2. The molecule has 0 aliphatic heterocycles. The zero-order valence-electron chi connectivity index (χ0n) is 12.0. The molecule has 0 amide bonds. The number of halogens is 2. The highest BCUT2D eigenvalue weighted by atomic mass is 35.5. The Morgan fingerprint density at radius 1 is 1.19 bits per heavy atom. The van der Waals surface area contributed by atoms with Gasteiger partial charge in [-0.2, -0.15) is 0 Å². The van der Waals surface area contributed by atoms with E-state index in [1.165, 1.54) is 6.07 Å². The zero-order valence-corrected chi connectivity index (χ0v) is 12.7. The second-order valence-electron chi connectivity index (χ2n) is 4.88. The van der Waals surface area contributed by atoms with E-state index in [0.29, 0.717) is 23.6 Å². The Balaban J connectivity index is 1.87. The lowest BCUT2D eigenvalue weighted by atomic mass is 10.0. The van der Waals surface area contributed by atoms with Crippen LogP contribution in [0.5, 0.6) is 5.75 Å². The Labute approximate surface area is 129 Å². The first-order valence-corrected chi connectivity index (χ1v) is 7.36. The summed E-state index contributed by atoms with van der Waals surface area (Å²) >= 11 is 5.92. The van der Waals surface area contributed by atoms with Crippen LogP contribution in [0.2, 0.25) is 5.02 Å². The number of hydrogen-bond donors (Lipinski definition) is 1.